The molecule has 0 saturated carbocycles. The summed E-state index contributed by atoms with van der Waals surface area (Å²) in [5.74, 6) is -0.188. The number of benzene rings is 3. The quantitative estimate of drug-likeness (QED) is 0.113. The number of nitrogens with zero attached hydrogens (tertiary/aromatic N) is 2. The van der Waals surface area contributed by atoms with Gasteiger partial charge in [-0.25, -0.2) is 4.79 Å². The maximum atomic E-state index is 13.6. The fourth-order valence-corrected chi connectivity index (χ4v) is 6.26. The molecular weight excluding hydrogens is 596 g/mol. The van der Waals surface area contributed by atoms with Crippen molar-refractivity contribution in [1.29, 1.82) is 0 Å². The molecule has 9 nitrogen and oxygen atoms in total. The molecule has 1 spiro atoms. The van der Waals surface area contributed by atoms with Gasteiger partial charge in [0.15, 0.2) is 5.60 Å². The first-order valence-corrected chi connectivity index (χ1v) is 15.3. The summed E-state index contributed by atoms with van der Waals surface area (Å²) < 4.78 is 24.8. The molecule has 0 radical (unpaired) electrons. The molecule has 0 atom stereocenters. The van der Waals surface area contributed by atoms with Crippen LogP contribution in [-0.4, -0.2) is 53.9 Å². The largest absolute Gasteiger partial charge is 0.455 e. The van der Waals surface area contributed by atoms with Crippen LogP contribution in [0.2, 0.25) is 0 Å². The molecule has 47 heavy (non-hydrogen) atoms. The van der Waals surface area contributed by atoms with E-state index in [1.165, 1.54) is 13.8 Å². The number of hydrogen-bond acceptors (Lipinski definition) is 9. The van der Waals surface area contributed by atoms with Gasteiger partial charge in [0.1, 0.15) is 23.0 Å². The third-order valence-corrected chi connectivity index (χ3v) is 7.99. The van der Waals surface area contributed by atoms with Gasteiger partial charge in [-0.3, -0.25) is 19.4 Å². The molecule has 2 heterocycles. The van der Waals surface area contributed by atoms with Gasteiger partial charge in [-0.05, 0) is 30.3 Å². The summed E-state index contributed by atoms with van der Waals surface area (Å²) in [4.78, 5) is 42.3. The van der Waals surface area contributed by atoms with Crippen molar-refractivity contribution in [2.24, 2.45) is 0 Å². The zero-order valence-electron chi connectivity index (χ0n) is 26.8. The topological polar surface area (TPSA) is 94.6 Å². The average Bonchev–Trinajstić information content (AvgIpc) is 3.32. The molecule has 0 saturated heterocycles. The first-order chi connectivity index (χ1) is 22.7. The maximum absolute atomic E-state index is 13.6. The lowest BCUT2D eigenvalue weighted by Crippen LogP contribution is -2.35. The van der Waals surface area contributed by atoms with Crippen molar-refractivity contribution < 1.29 is 33.3 Å². The summed E-state index contributed by atoms with van der Waals surface area (Å²) in [5, 5.41) is 0. The van der Waals surface area contributed by atoms with Crippen LogP contribution in [0.25, 0.3) is 0 Å². The maximum Gasteiger partial charge on any atom is 0.340 e. The lowest BCUT2D eigenvalue weighted by Gasteiger charge is -2.39. The lowest BCUT2D eigenvalue weighted by molar-refractivity contribution is -0.132. The summed E-state index contributed by atoms with van der Waals surface area (Å²) >= 11 is 0. The second kappa shape index (κ2) is 14.0. The monoisotopic (exact) mass is 634 g/mol. The summed E-state index contributed by atoms with van der Waals surface area (Å²) in [6.07, 6.45) is 7.09. The van der Waals surface area contributed by atoms with Crippen LogP contribution < -0.4 is 14.2 Å². The second-order valence-corrected chi connectivity index (χ2v) is 11.3. The fourth-order valence-electron chi connectivity index (χ4n) is 6.26. The van der Waals surface area contributed by atoms with Gasteiger partial charge in [0.05, 0.1) is 16.7 Å². The molecule has 0 N–H and O–H groups in total. The minimum Gasteiger partial charge on any atom is -0.455 e. The molecule has 2 aliphatic heterocycles. The highest BCUT2D eigenvalue weighted by molar-refractivity contribution is 5.97. The molecule has 0 fully saturated rings. The van der Waals surface area contributed by atoms with Crippen molar-refractivity contribution in [1.82, 2.24) is 9.80 Å². The fraction of sp³-hybridized carbons (Fsp3) is 0.237. The summed E-state index contributed by atoms with van der Waals surface area (Å²) in [6.45, 7) is 20.8. The Kier molecular flexibility index (Phi) is 9.89. The molecule has 0 aliphatic carbocycles. The number of carbonyl (C=O) groups is 3. The van der Waals surface area contributed by atoms with Crippen LogP contribution in [-0.2, 0) is 33.0 Å². The first kappa shape index (κ1) is 33.1. The van der Waals surface area contributed by atoms with Crippen LogP contribution in [0.5, 0.6) is 23.0 Å². The molecule has 0 bridgehead atoms. The van der Waals surface area contributed by atoms with E-state index >= 15 is 0 Å². The number of esters is 3. The van der Waals surface area contributed by atoms with E-state index in [-0.39, 0.29) is 13.1 Å². The van der Waals surface area contributed by atoms with Gasteiger partial charge in [-0.15, -0.1) is 26.3 Å². The van der Waals surface area contributed by atoms with Gasteiger partial charge in [-0.2, -0.15) is 0 Å². The predicted molar refractivity (Wildman–Crippen MR) is 179 cm³/mol. The SMILES string of the molecule is C=CCN(CC=C)Cc1c(OC(C)=O)ccc2c1Oc1c(ccc(OC(C)=O)c1CN(CC=C)CC=C)C21OC(=O)c2ccccc21. The summed E-state index contributed by atoms with van der Waals surface area (Å²) in [5.41, 5.74) is 1.87. The molecule has 0 amide bonds. The zero-order chi connectivity index (χ0) is 33.7. The highest BCUT2D eigenvalue weighted by Gasteiger charge is 2.55. The zero-order valence-corrected chi connectivity index (χ0v) is 26.8. The van der Waals surface area contributed by atoms with Crippen molar-refractivity contribution in [3.63, 3.8) is 0 Å². The summed E-state index contributed by atoms with van der Waals surface area (Å²) in [6, 6.07) is 14.2. The minimum atomic E-state index is -1.42. The molecule has 0 unspecified atom stereocenters. The normalized spacial score (nSPS) is 13.6. The Balaban J connectivity index is 1.86. The smallest absolute Gasteiger partial charge is 0.340 e. The average molecular weight is 635 g/mol. The Labute approximate surface area is 275 Å². The molecule has 0 aromatic heterocycles. The Hall–Kier alpha value is -5.25. The van der Waals surface area contributed by atoms with Crippen LogP contribution >= 0.6 is 0 Å². The number of rotatable bonds is 14. The van der Waals surface area contributed by atoms with Gasteiger partial charge in [0.2, 0.25) is 0 Å². The molecule has 2 aliphatic rings. The number of hydrogen-bond donors (Lipinski definition) is 0. The summed E-state index contributed by atoms with van der Waals surface area (Å²) in [7, 11) is 0. The van der Waals surface area contributed by atoms with E-state index < -0.39 is 23.5 Å². The highest BCUT2D eigenvalue weighted by atomic mass is 16.6. The minimum absolute atomic E-state index is 0.281. The molecular formula is C38H38N2O7. The van der Waals surface area contributed by atoms with E-state index in [9.17, 15) is 14.4 Å². The highest BCUT2D eigenvalue weighted by Crippen LogP contribution is 2.59. The first-order valence-electron chi connectivity index (χ1n) is 15.3. The molecule has 9 heteroatoms. The van der Waals surface area contributed by atoms with Crippen molar-refractivity contribution in [2.75, 3.05) is 26.2 Å². The predicted octanol–water partition coefficient (Wildman–Crippen LogP) is 6.45. The Bertz CT molecular complexity index is 1660. The van der Waals surface area contributed by atoms with Crippen molar-refractivity contribution in [2.45, 2.75) is 32.5 Å². The third-order valence-electron chi connectivity index (χ3n) is 7.99. The molecule has 3 aromatic carbocycles. The van der Waals surface area contributed by atoms with Crippen molar-refractivity contribution in [3.05, 3.63) is 133 Å². The lowest BCUT2D eigenvalue weighted by atomic mass is 9.76. The molecule has 242 valence electrons. The molecule has 5 rings (SSSR count). The standard InChI is InChI=1S/C38H38N2O7/c1-7-19-39(20-8-2)23-28-33(44-25(5)41)17-15-31-35(28)46-36-29(24-40(21-9-3)22-10-4)34(45-26(6)42)18-16-32(36)38(31)30-14-12-11-13-27(30)37(43)47-38/h7-18H,1-4,19-24H2,5-6H3. The van der Waals surface area contributed by atoms with Crippen LogP contribution in [0.15, 0.2) is 99.2 Å². The van der Waals surface area contributed by atoms with E-state index in [4.69, 9.17) is 18.9 Å². The van der Waals surface area contributed by atoms with Gasteiger partial charge in [0, 0.05) is 69.8 Å². The van der Waals surface area contributed by atoms with Gasteiger partial charge >= 0.3 is 17.9 Å². The molecule has 3 aromatic rings. The van der Waals surface area contributed by atoms with Crippen LogP contribution in [0.4, 0.5) is 0 Å². The number of fused-ring (bicyclic) bond motifs is 6. The van der Waals surface area contributed by atoms with Gasteiger partial charge in [-0.1, -0.05) is 42.5 Å². The van der Waals surface area contributed by atoms with Gasteiger partial charge in [0.25, 0.3) is 0 Å². The van der Waals surface area contributed by atoms with E-state index in [0.29, 0.717) is 82.6 Å². The second-order valence-electron chi connectivity index (χ2n) is 11.3. The van der Waals surface area contributed by atoms with E-state index in [1.807, 2.05) is 12.1 Å². The van der Waals surface area contributed by atoms with Crippen molar-refractivity contribution in [3.8, 4) is 23.0 Å². The van der Waals surface area contributed by atoms with Crippen LogP contribution in [0.3, 0.4) is 0 Å². The Morgan fingerprint density at radius 3 is 1.57 bits per heavy atom. The van der Waals surface area contributed by atoms with E-state index in [1.54, 1.807) is 60.7 Å². The van der Waals surface area contributed by atoms with E-state index in [0.717, 1.165) is 0 Å². The Morgan fingerprint density at radius 1 is 0.702 bits per heavy atom. The van der Waals surface area contributed by atoms with Crippen LogP contribution in [0.1, 0.15) is 52.0 Å². The van der Waals surface area contributed by atoms with Crippen molar-refractivity contribution >= 4 is 17.9 Å². The Morgan fingerprint density at radius 2 is 1.15 bits per heavy atom. The van der Waals surface area contributed by atoms with Crippen LogP contribution in [0, 0.1) is 0 Å². The third kappa shape index (κ3) is 6.27. The van der Waals surface area contributed by atoms with E-state index in [2.05, 4.69) is 36.1 Å². The number of ether oxygens (including phenoxy) is 4. The number of carbonyl (C=O) groups excluding carboxylic acids is 3. The van der Waals surface area contributed by atoms with Gasteiger partial charge < -0.3 is 18.9 Å².